The van der Waals surface area contributed by atoms with E-state index in [4.69, 9.17) is 10.2 Å². The molecular formula is C6H6O4. The Balaban J connectivity index is 3.03. The van der Waals surface area contributed by atoms with Gasteiger partial charge in [-0.15, -0.1) is 0 Å². The summed E-state index contributed by atoms with van der Waals surface area (Å²) in [5, 5.41) is 17.4. The summed E-state index contributed by atoms with van der Waals surface area (Å²) in [5.41, 5.74) is 0. The van der Waals surface area contributed by atoms with Crippen LogP contribution in [-0.4, -0.2) is 21.8 Å². The molecule has 0 saturated heterocycles. The van der Waals surface area contributed by atoms with Crippen LogP contribution in [0.4, 0.5) is 0 Å². The fourth-order valence-electron chi connectivity index (χ4n) is 0.728. The molecule has 1 aliphatic carbocycles. The summed E-state index contributed by atoms with van der Waals surface area (Å²) in [6.07, 6.45) is -0.0105. The number of aliphatic hydroxyl groups is 2. The molecule has 0 fully saturated rings. The Morgan fingerprint density at radius 3 is 1.50 bits per heavy atom. The van der Waals surface area contributed by atoms with Crippen molar-refractivity contribution < 1.29 is 19.8 Å². The zero-order valence-corrected chi connectivity index (χ0v) is 5.13. The van der Waals surface area contributed by atoms with Crippen molar-refractivity contribution >= 4 is 11.6 Å². The highest BCUT2D eigenvalue weighted by Crippen LogP contribution is 2.13. The normalized spacial score (nSPS) is 20.0. The van der Waals surface area contributed by atoms with Gasteiger partial charge in [0.15, 0.2) is 0 Å². The fraction of sp³-hybridized carbons (Fsp3) is 0.333. The van der Waals surface area contributed by atoms with E-state index in [1.807, 2.05) is 0 Å². The Kier molecular flexibility index (Phi) is 1.45. The maximum atomic E-state index is 10.5. The first kappa shape index (κ1) is 6.80. The Hall–Kier alpha value is -1.32. The van der Waals surface area contributed by atoms with Crippen LogP contribution in [-0.2, 0) is 9.59 Å². The molecule has 0 saturated carbocycles. The van der Waals surface area contributed by atoms with E-state index >= 15 is 0 Å². The molecule has 1 rings (SSSR count). The van der Waals surface area contributed by atoms with Crippen LogP contribution < -0.4 is 0 Å². The van der Waals surface area contributed by atoms with Crippen molar-refractivity contribution in [3.05, 3.63) is 11.5 Å². The van der Waals surface area contributed by atoms with E-state index in [0.29, 0.717) is 0 Å². The van der Waals surface area contributed by atoms with Gasteiger partial charge in [-0.1, -0.05) is 0 Å². The second-order valence-electron chi connectivity index (χ2n) is 2.04. The largest absolute Gasteiger partial charge is 0.502 e. The molecule has 0 unspecified atom stereocenters. The number of allylic oxidation sites excluding steroid dienone is 2. The van der Waals surface area contributed by atoms with Crippen LogP contribution in [0.2, 0.25) is 0 Å². The number of hydrogen-bond donors (Lipinski definition) is 2. The first-order valence-electron chi connectivity index (χ1n) is 2.81. The van der Waals surface area contributed by atoms with E-state index in [0.717, 1.165) is 0 Å². The topological polar surface area (TPSA) is 74.6 Å². The summed E-state index contributed by atoms with van der Waals surface area (Å²) in [6.45, 7) is 0. The van der Waals surface area contributed by atoms with Crippen molar-refractivity contribution in [1.29, 1.82) is 0 Å². The molecule has 10 heavy (non-hydrogen) atoms. The van der Waals surface area contributed by atoms with E-state index in [-0.39, 0.29) is 12.8 Å². The van der Waals surface area contributed by atoms with E-state index in [9.17, 15) is 9.59 Å². The highest BCUT2D eigenvalue weighted by atomic mass is 16.3. The lowest BCUT2D eigenvalue weighted by Crippen LogP contribution is -2.18. The van der Waals surface area contributed by atoms with Gasteiger partial charge < -0.3 is 10.2 Å². The Bertz CT molecular complexity index is 202. The zero-order chi connectivity index (χ0) is 7.72. The van der Waals surface area contributed by atoms with Crippen LogP contribution in [0.1, 0.15) is 12.8 Å². The van der Waals surface area contributed by atoms with Gasteiger partial charge in [0, 0.05) is 12.8 Å². The van der Waals surface area contributed by atoms with Crippen LogP contribution in [0.25, 0.3) is 0 Å². The van der Waals surface area contributed by atoms with Gasteiger partial charge in [0.1, 0.15) is 0 Å². The number of Topliss-reactive ketones (excluding diaryl/α,β-unsaturated/α-hetero) is 2. The minimum atomic E-state index is -0.795. The van der Waals surface area contributed by atoms with Gasteiger partial charge in [-0.05, 0) is 0 Å². The second-order valence-corrected chi connectivity index (χ2v) is 2.04. The van der Waals surface area contributed by atoms with Crippen molar-refractivity contribution in [3.8, 4) is 0 Å². The summed E-state index contributed by atoms with van der Waals surface area (Å²) in [4.78, 5) is 21.1. The molecule has 0 heterocycles. The van der Waals surface area contributed by atoms with Crippen LogP contribution in [0.15, 0.2) is 11.5 Å². The Labute approximate surface area is 56.8 Å². The molecule has 0 bridgehead atoms. The van der Waals surface area contributed by atoms with Gasteiger partial charge in [-0.3, -0.25) is 9.59 Å². The lowest BCUT2D eigenvalue weighted by atomic mass is 10.0. The minimum absolute atomic E-state index is 0.00523. The maximum Gasteiger partial charge on any atom is 0.205 e. The van der Waals surface area contributed by atoms with Crippen LogP contribution >= 0.6 is 0 Å². The molecule has 0 spiro atoms. The number of carbonyl (C=O) groups is 2. The molecule has 0 radical (unpaired) electrons. The monoisotopic (exact) mass is 142 g/mol. The summed E-state index contributed by atoms with van der Waals surface area (Å²) in [6, 6.07) is 0. The third-order valence-electron chi connectivity index (χ3n) is 1.33. The minimum Gasteiger partial charge on any atom is -0.502 e. The number of ketones is 2. The van der Waals surface area contributed by atoms with E-state index in [1.165, 1.54) is 0 Å². The Morgan fingerprint density at radius 2 is 1.20 bits per heavy atom. The standard InChI is InChI=1S/C6H6O4/c7-3-1-2-4(8)6(10)5(3)9/h9-10H,1-2H2. The van der Waals surface area contributed by atoms with Crippen molar-refractivity contribution in [2.45, 2.75) is 12.8 Å². The molecule has 54 valence electrons. The van der Waals surface area contributed by atoms with E-state index in [1.54, 1.807) is 0 Å². The summed E-state index contributed by atoms with van der Waals surface area (Å²) in [7, 11) is 0. The number of carbonyl (C=O) groups excluding carboxylic acids is 2. The highest BCUT2D eigenvalue weighted by molar-refractivity contribution is 6.08. The van der Waals surface area contributed by atoms with Crippen molar-refractivity contribution in [2.75, 3.05) is 0 Å². The molecule has 0 atom stereocenters. The predicted molar refractivity (Wildman–Crippen MR) is 31.5 cm³/mol. The van der Waals surface area contributed by atoms with Crippen molar-refractivity contribution in [2.24, 2.45) is 0 Å². The molecule has 1 aliphatic rings. The molecule has 0 aromatic rings. The van der Waals surface area contributed by atoms with Crippen LogP contribution in [0.3, 0.4) is 0 Å². The molecule has 4 nitrogen and oxygen atoms in total. The van der Waals surface area contributed by atoms with Gasteiger partial charge >= 0.3 is 0 Å². The average Bonchev–Trinajstić information content (AvgIpc) is 1.93. The van der Waals surface area contributed by atoms with Gasteiger partial charge in [-0.25, -0.2) is 0 Å². The highest BCUT2D eigenvalue weighted by Gasteiger charge is 2.25. The average molecular weight is 142 g/mol. The van der Waals surface area contributed by atoms with Crippen LogP contribution in [0.5, 0.6) is 0 Å². The second kappa shape index (κ2) is 2.13. The smallest absolute Gasteiger partial charge is 0.205 e. The first-order valence-corrected chi connectivity index (χ1v) is 2.81. The summed E-state index contributed by atoms with van der Waals surface area (Å²) >= 11 is 0. The van der Waals surface area contributed by atoms with Crippen molar-refractivity contribution in [3.63, 3.8) is 0 Å². The zero-order valence-electron chi connectivity index (χ0n) is 5.13. The summed E-state index contributed by atoms with van der Waals surface area (Å²) < 4.78 is 0. The van der Waals surface area contributed by atoms with Crippen molar-refractivity contribution in [1.82, 2.24) is 0 Å². The third kappa shape index (κ3) is 0.877. The summed E-state index contributed by atoms with van der Waals surface area (Å²) in [5.74, 6) is -2.73. The lowest BCUT2D eigenvalue weighted by Gasteiger charge is -2.07. The quantitative estimate of drug-likeness (QED) is 0.508. The fourth-order valence-corrected chi connectivity index (χ4v) is 0.728. The van der Waals surface area contributed by atoms with Gasteiger partial charge in [0.05, 0.1) is 0 Å². The maximum absolute atomic E-state index is 10.5. The number of hydrogen-bond acceptors (Lipinski definition) is 4. The first-order chi connectivity index (χ1) is 4.63. The predicted octanol–water partition coefficient (Wildman–Crippen LogP) is 0.246. The molecule has 0 aromatic carbocycles. The molecule has 0 aliphatic heterocycles. The molecule has 0 aromatic heterocycles. The van der Waals surface area contributed by atoms with Crippen LogP contribution in [0, 0.1) is 0 Å². The Morgan fingerprint density at radius 1 is 0.900 bits per heavy atom. The van der Waals surface area contributed by atoms with Gasteiger partial charge in [0.2, 0.25) is 23.1 Å². The van der Waals surface area contributed by atoms with Gasteiger partial charge in [-0.2, -0.15) is 0 Å². The van der Waals surface area contributed by atoms with E-state index in [2.05, 4.69) is 0 Å². The van der Waals surface area contributed by atoms with E-state index < -0.39 is 23.1 Å². The van der Waals surface area contributed by atoms with Gasteiger partial charge in [0.25, 0.3) is 0 Å². The molecule has 2 N–H and O–H groups in total. The number of aliphatic hydroxyl groups excluding tert-OH is 2. The molecule has 4 heteroatoms. The lowest BCUT2D eigenvalue weighted by molar-refractivity contribution is -0.126. The molecular weight excluding hydrogens is 136 g/mol. The number of rotatable bonds is 0. The molecule has 0 amide bonds. The third-order valence-corrected chi connectivity index (χ3v) is 1.33. The SMILES string of the molecule is O=C1CCC(=O)C(O)=C1O.